The average Bonchev–Trinajstić information content (AvgIpc) is 2.51. The molecule has 0 saturated heterocycles. The molecule has 0 N–H and O–H groups in total. The summed E-state index contributed by atoms with van der Waals surface area (Å²) < 4.78 is 2.26. The summed E-state index contributed by atoms with van der Waals surface area (Å²) in [7, 11) is 0. The molecule has 0 radical (unpaired) electrons. The van der Waals surface area contributed by atoms with E-state index >= 15 is 0 Å². The molecule has 102 valence electrons. The van der Waals surface area contributed by atoms with Crippen molar-refractivity contribution >= 4 is 37.7 Å². The lowest BCUT2D eigenvalue weighted by Crippen LogP contribution is -2.15. The van der Waals surface area contributed by atoms with Crippen LogP contribution in [0.5, 0.6) is 0 Å². The molecule has 20 heavy (non-hydrogen) atoms. The number of aromatic nitrogens is 1. The highest BCUT2D eigenvalue weighted by atomic mass is 79.9. The fourth-order valence-corrected chi connectivity index (χ4v) is 2.84. The molecule has 0 aliphatic rings. The largest absolute Gasteiger partial charge is 0.340 e. The van der Waals surface area contributed by atoms with Gasteiger partial charge in [0.05, 0.1) is 11.0 Å². The van der Waals surface area contributed by atoms with Crippen LogP contribution in [0.4, 0.5) is 0 Å². The van der Waals surface area contributed by atoms with Crippen LogP contribution in [0.25, 0.3) is 21.8 Å². The lowest BCUT2D eigenvalue weighted by molar-refractivity contribution is 0.555. The molecule has 0 saturated carbocycles. The van der Waals surface area contributed by atoms with Crippen molar-refractivity contribution in [2.75, 3.05) is 5.33 Å². The Labute approximate surface area is 126 Å². The van der Waals surface area contributed by atoms with Gasteiger partial charge < -0.3 is 4.57 Å². The molecule has 0 amide bonds. The van der Waals surface area contributed by atoms with Gasteiger partial charge in [0.15, 0.2) is 5.43 Å². The van der Waals surface area contributed by atoms with Gasteiger partial charge in [0.1, 0.15) is 0 Å². The highest BCUT2D eigenvalue weighted by Crippen LogP contribution is 2.20. The number of fused-ring (bicyclic) bond motifs is 2. The highest BCUT2D eigenvalue weighted by molar-refractivity contribution is 9.09. The number of nitrogens with zero attached hydrogens (tertiary/aromatic N) is 1. The maximum Gasteiger partial charge on any atom is 0.197 e. The average molecular weight is 330 g/mol. The normalized spacial score (nSPS) is 12.9. The molecule has 0 aliphatic carbocycles. The monoisotopic (exact) mass is 329 g/mol. The Hall–Kier alpha value is -1.61. The van der Waals surface area contributed by atoms with Gasteiger partial charge in [-0.3, -0.25) is 4.79 Å². The van der Waals surface area contributed by atoms with Crippen LogP contribution in [-0.2, 0) is 6.54 Å². The van der Waals surface area contributed by atoms with Gasteiger partial charge in [-0.2, -0.15) is 0 Å². The minimum absolute atomic E-state index is 0.124. The maximum atomic E-state index is 12.6. The third-order valence-electron chi connectivity index (χ3n) is 3.64. The van der Waals surface area contributed by atoms with Gasteiger partial charge in [0.2, 0.25) is 0 Å². The number of pyridine rings is 1. The van der Waals surface area contributed by atoms with Crippen LogP contribution in [0.15, 0.2) is 53.3 Å². The van der Waals surface area contributed by atoms with E-state index in [1.807, 2.05) is 48.5 Å². The molecule has 1 unspecified atom stereocenters. The summed E-state index contributed by atoms with van der Waals surface area (Å²) in [5.41, 5.74) is 2.16. The SMILES string of the molecule is CC(CBr)Cn1c2ccccc2c(=O)c2ccccc21. The quantitative estimate of drug-likeness (QED) is 0.521. The van der Waals surface area contributed by atoms with E-state index in [2.05, 4.69) is 27.4 Å². The molecule has 1 atom stereocenters. The van der Waals surface area contributed by atoms with Crippen LogP contribution < -0.4 is 5.43 Å². The van der Waals surface area contributed by atoms with Crippen LogP contribution >= 0.6 is 15.9 Å². The van der Waals surface area contributed by atoms with E-state index in [9.17, 15) is 4.79 Å². The van der Waals surface area contributed by atoms with E-state index in [1.54, 1.807) is 0 Å². The van der Waals surface area contributed by atoms with Crippen molar-refractivity contribution in [1.82, 2.24) is 4.57 Å². The smallest absolute Gasteiger partial charge is 0.197 e. The second kappa shape index (κ2) is 5.41. The summed E-state index contributed by atoms with van der Waals surface area (Å²) in [6.07, 6.45) is 0. The molecule has 0 fully saturated rings. The first-order valence-corrected chi connectivity index (χ1v) is 7.90. The molecule has 0 spiro atoms. The molecule has 2 nitrogen and oxygen atoms in total. The van der Waals surface area contributed by atoms with Gasteiger partial charge in [0.25, 0.3) is 0 Å². The van der Waals surface area contributed by atoms with Crippen molar-refractivity contribution in [3.63, 3.8) is 0 Å². The first-order chi connectivity index (χ1) is 9.72. The van der Waals surface area contributed by atoms with E-state index in [-0.39, 0.29) is 5.43 Å². The minimum Gasteiger partial charge on any atom is -0.340 e. The molecular weight excluding hydrogens is 314 g/mol. The molecule has 1 heterocycles. The Morgan fingerprint density at radius 1 is 1.00 bits per heavy atom. The number of halogens is 1. The molecular formula is C17H16BrNO. The summed E-state index contributed by atoms with van der Waals surface area (Å²) in [5, 5.41) is 2.54. The zero-order valence-electron chi connectivity index (χ0n) is 11.3. The van der Waals surface area contributed by atoms with Crippen molar-refractivity contribution in [2.24, 2.45) is 5.92 Å². The lowest BCUT2D eigenvalue weighted by Gasteiger charge is -2.17. The minimum atomic E-state index is 0.124. The van der Waals surface area contributed by atoms with Crippen LogP contribution in [-0.4, -0.2) is 9.90 Å². The number of alkyl halides is 1. The van der Waals surface area contributed by atoms with Crippen molar-refractivity contribution in [1.29, 1.82) is 0 Å². The summed E-state index contributed by atoms with van der Waals surface area (Å²) in [6.45, 7) is 3.10. The third kappa shape index (κ3) is 2.16. The van der Waals surface area contributed by atoms with Crippen molar-refractivity contribution < 1.29 is 0 Å². The number of rotatable bonds is 3. The first-order valence-electron chi connectivity index (χ1n) is 6.78. The summed E-state index contributed by atoms with van der Waals surface area (Å²) in [6, 6.07) is 15.7. The third-order valence-corrected chi connectivity index (χ3v) is 4.74. The predicted octanol–water partition coefficient (Wildman–Crippen LogP) is 4.19. The molecule has 3 heteroatoms. The number of hydrogen-bond acceptors (Lipinski definition) is 1. The van der Waals surface area contributed by atoms with Crippen LogP contribution in [0.2, 0.25) is 0 Å². The van der Waals surface area contributed by atoms with Gasteiger partial charge in [-0.05, 0) is 30.2 Å². The summed E-state index contributed by atoms with van der Waals surface area (Å²) in [5.74, 6) is 0.504. The van der Waals surface area contributed by atoms with Gasteiger partial charge >= 0.3 is 0 Å². The van der Waals surface area contributed by atoms with Crippen LogP contribution in [0.1, 0.15) is 6.92 Å². The Kier molecular flexibility index (Phi) is 3.62. The predicted molar refractivity (Wildman–Crippen MR) is 88.7 cm³/mol. The van der Waals surface area contributed by atoms with Crippen molar-refractivity contribution in [3.05, 3.63) is 58.8 Å². The fraction of sp³-hybridized carbons (Fsp3) is 0.235. The Morgan fingerprint density at radius 2 is 1.50 bits per heavy atom. The van der Waals surface area contributed by atoms with Gasteiger partial charge in [-0.25, -0.2) is 0 Å². The summed E-state index contributed by atoms with van der Waals surface area (Å²) in [4.78, 5) is 12.6. The molecule has 3 rings (SSSR count). The lowest BCUT2D eigenvalue weighted by atomic mass is 10.1. The first kappa shape index (κ1) is 13.4. The zero-order valence-corrected chi connectivity index (χ0v) is 12.9. The van der Waals surface area contributed by atoms with Crippen LogP contribution in [0.3, 0.4) is 0 Å². The van der Waals surface area contributed by atoms with E-state index < -0.39 is 0 Å². The van der Waals surface area contributed by atoms with Crippen molar-refractivity contribution in [2.45, 2.75) is 13.5 Å². The second-order valence-corrected chi connectivity index (χ2v) is 5.88. The number of hydrogen-bond donors (Lipinski definition) is 0. The molecule has 0 bridgehead atoms. The van der Waals surface area contributed by atoms with Gasteiger partial charge in [-0.1, -0.05) is 47.1 Å². The molecule has 1 aromatic heterocycles. The van der Waals surface area contributed by atoms with E-state index in [0.717, 1.165) is 33.7 Å². The number of para-hydroxylation sites is 2. The van der Waals surface area contributed by atoms with E-state index in [4.69, 9.17) is 0 Å². The van der Waals surface area contributed by atoms with E-state index in [1.165, 1.54) is 0 Å². The Balaban J connectivity index is 2.43. The fourth-order valence-electron chi connectivity index (χ4n) is 2.63. The maximum absolute atomic E-state index is 12.6. The van der Waals surface area contributed by atoms with E-state index in [0.29, 0.717) is 5.92 Å². The highest BCUT2D eigenvalue weighted by Gasteiger charge is 2.11. The summed E-state index contributed by atoms with van der Waals surface area (Å²) >= 11 is 3.54. The topological polar surface area (TPSA) is 22.0 Å². The number of benzene rings is 2. The second-order valence-electron chi connectivity index (χ2n) is 5.23. The molecule has 2 aromatic carbocycles. The van der Waals surface area contributed by atoms with Crippen LogP contribution in [0, 0.1) is 5.92 Å². The van der Waals surface area contributed by atoms with Crippen molar-refractivity contribution in [3.8, 4) is 0 Å². The Bertz CT molecular complexity index is 762. The van der Waals surface area contributed by atoms with Gasteiger partial charge in [0, 0.05) is 22.6 Å². The zero-order chi connectivity index (χ0) is 14.1. The molecule has 0 aliphatic heterocycles. The Morgan fingerprint density at radius 3 is 2.00 bits per heavy atom. The van der Waals surface area contributed by atoms with Gasteiger partial charge in [-0.15, -0.1) is 0 Å². The standard InChI is InChI=1S/C17H16BrNO/c1-12(10-18)11-19-15-8-4-2-6-13(15)17(20)14-7-3-5-9-16(14)19/h2-9,12H,10-11H2,1H3. The molecule has 3 aromatic rings.